The lowest BCUT2D eigenvalue weighted by Crippen LogP contribution is -2.46. The quantitative estimate of drug-likeness (QED) is 0.639. The van der Waals surface area contributed by atoms with Gasteiger partial charge in [0.15, 0.2) is 6.10 Å². The van der Waals surface area contributed by atoms with Gasteiger partial charge in [-0.25, -0.2) is 0 Å². The van der Waals surface area contributed by atoms with Gasteiger partial charge in [0.05, 0.1) is 6.61 Å². The van der Waals surface area contributed by atoms with E-state index in [1.54, 1.807) is 0 Å². The maximum atomic E-state index is 12.2. The van der Waals surface area contributed by atoms with Crippen LogP contribution in [0.3, 0.4) is 0 Å². The molecule has 6 heteroatoms. The van der Waals surface area contributed by atoms with Gasteiger partial charge in [0.2, 0.25) is 0 Å². The van der Waals surface area contributed by atoms with Crippen molar-refractivity contribution in [3.05, 3.63) is 0 Å². The first-order valence-electron chi connectivity index (χ1n) is 6.84. The zero-order chi connectivity index (χ0) is 14.5. The first-order chi connectivity index (χ1) is 8.77. The number of alkyl halides is 3. The Labute approximate surface area is 112 Å². The summed E-state index contributed by atoms with van der Waals surface area (Å²) in [6.07, 6.45) is -1.66. The monoisotopic (exact) mass is 283 g/mol. The Morgan fingerprint density at radius 1 is 1.32 bits per heavy atom. The lowest BCUT2D eigenvalue weighted by atomic mass is 9.95. The van der Waals surface area contributed by atoms with Crippen molar-refractivity contribution >= 4 is 0 Å². The van der Waals surface area contributed by atoms with Gasteiger partial charge in [-0.1, -0.05) is 0 Å². The second-order valence-electron chi connectivity index (χ2n) is 5.65. The molecule has 2 atom stereocenters. The molecule has 0 heterocycles. The third kappa shape index (κ3) is 6.58. The number of nitrogens with one attached hydrogen (secondary N) is 1. The van der Waals surface area contributed by atoms with Gasteiger partial charge >= 0.3 is 6.18 Å². The Hall–Kier alpha value is -0.330. The van der Waals surface area contributed by atoms with E-state index in [0.717, 1.165) is 32.6 Å². The van der Waals surface area contributed by atoms with Gasteiger partial charge in [-0.2, -0.15) is 13.2 Å². The topological polar surface area (TPSA) is 41.5 Å². The molecule has 0 aromatic rings. The van der Waals surface area contributed by atoms with Crippen LogP contribution < -0.4 is 5.32 Å². The number of rotatable bonds is 9. The first-order valence-corrected chi connectivity index (χ1v) is 6.84. The summed E-state index contributed by atoms with van der Waals surface area (Å²) in [5.74, 6) is 0. The van der Waals surface area contributed by atoms with E-state index >= 15 is 0 Å². The predicted octanol–water partition coefficient (Wildman–Crippen LogP) is 2.63. The van der Waals surface area contributed by atoms with Crippen LogP contribution in [-0.4, -0.2) is 42.2 Å². The molecule has 0 aromatic carbocycles. The molecule has 1 saturated carbocycles. The first kappa shape index (κ1) is 16.7. The minimum atomic E-state index is -4.28. The number of aliphatic hydroxyl groups is 1. The van der Waals surface area contributed by atoms with E-state index in [4.69, 9.17) is 4.74 Å². The highest BCUT2D eigenvalue weighted by atomic mass is 19.4. The molecule has 0 aromatic heterocycles. The molecule has 3 nitrogen and oxygen atoms in total. The van der Waals surface area contributed by atoms with Crippen LogP contribution >= 0.6 is 0 Å². The van der Waals surface area contributed by atoms with Crippen molar-refractivity contribution in [2.24, 2.45) is 0 Å². The summed E-state index contributed by atoms with van der Waals surface area (Å²) < 4.78 is 41.3. The molecule has 1 rings (SSSR count). The molecule has 2 unspecified atom stereocenters. The van der Waals surface area contributed by atoms with Crippen molar-refractivity contribution in [2.75, 3.05) is 13.2 Å². The van der Waals surface area contributed by atoms with Crippen molar-refractivity contribution in [2.45, 2.75) is 69.8 Å². The lowest BCUT2D eigenvalue weighted by Gasteiger charge is -2.29. The number of ether oxygens (including phenoxy) is 1. The molecule has 0 amide bonds. The third-order valence-corrected chi connectivity index (χ3v) is 3.43. The number of hydrogen-bond acceptors (Lipinski definition) is 3. The van der Waals surface area contributed by atoms with Gasteiger partial charge in [0.1, 0.15) is 0 Å². The summed E-state index contributed by atoms with van der Waals surface area (Å²) >= 11 is 0. The molecular formula is C13H24F3NO2. The molecule has 0 bridgehead atoms. The van der Waals surface area contributed by atoms with Crippen LogP contribution in [0.15, 0.2) is 0 Å². The van der Waals surface area contributed by atoms with Gasteiger partial charge in [-0.05, 0) is 46.0 Å². The number of aliphatic hydroxyl groups excluding tert-OH is 1. The maximum absolute atomic E-state index is 12.2. The van der Waals surface area contributed by atoms with E-state index in [1.165, 1.54) is 0 Å². The average Bonchev–Trinajstić information content (AvgIpc) is 3.11. The van der Waals surface area contributed by atoms with E-state index in [2.05, 4.69) is 5.32 Å². The van der Waals surface area contributed by atoms with E-state index in [1.807, 2.05) is 6.92 Å². The van der Waals surface area contributed by atoms with Crippen LogP contribution in [0.5, 0.6) is 0 Å². The molecule has 19 heavy (non-hydrogen) atoms. The van der Waals surface area contributed by atoms with E-state index in [-0.39, 0.29) is 18.8 Å². The van der Waals surface area contributed by atoms with Gasteiger partial charge in [-0.3, -0.25) is 0 Å². The van der Waals surface area contributed by atoms with Gasteiger partial charge in [0.25, 0.3) is 0 Å². The van der Waals surface area contributed by atoms with Crippen LogP contribution in [0.2, 0.25) is 0 Å². The summed E-state index contributed by atoms with van der Waals surface area (Å²) in [5.41, 5.74) is -0.323. The fraction of sp³-hybridized carbons (Fsp3) is 1.00. The molecule has 2 N–H and O–H groups in total. The van der Waals surface area contributed by atoms with Crippen molar-refractivity contribution in [3.63, 3.8) is 0 Å². The fourth-order valence-electron chi connectivity index (χ4n) is 1.89. The van der Waals surface area contributed by atoms with Crippen LogP contribution in [0.1, 0.15) is 46.0 Å². The smallest absolute Gasteiger partial charge is 0.394 e. The van der Waals surface area contributed by atoms with Crippen LogP contribution in [0.25, 0.3) is 0 Å². The number of unbranched alkanes of at least 4 members (excludes halogenated alkanes) is 1. The molecule has 1 aliphatic carbocycles. The number of hydrogen-bond donors (Lipinski definition) is 2. The van der Waals surface area contributed by atoms with E-state index in [0.29, 0.717) is 12.5 Å². The Morgan fingerprint density at radius 3 is 2.42 bits per heavy atom. The normalized spacial score (nSPS) is 21.2. The molecule has 0 saturated heterocycles. The minimum absolute atomic E-state index is 0.0450. The zero-order valence-electron chi connectivity index (χ0n) is 11.6. The molecule has 0 radical (unpaired) electrons. The summed E-state index contributed by atoms with van der Waals surface area (Å²) in [6.45, 7) is 3.12. The summed E-state index contributed by atoms with van der Waals surface area (Å²) in [6, 6.07) is 0.499. The molecule has 1 aliphatic rings. The zero-order valence-corrected chi connectivity index (χ0v) is 11.6. The Kier molecular flexibility index (Phi) is 6.08. The molecule has 0 spiro atoms. The predicted molar refractivity (Wildman–Crippen MR) is 67.0 cm³/mol. The Balaban J connectivity index is 2.11. The summed E-state index contributed by atoms with van der Waals surface area (Å²) in [5, 5.41) is 12.7. The van der Waals surface area contributed by atoms with E-state index < -0.39 is 12.3 Å². The summed E-state index contributed by atoms with van der Waals surface area (Å²) in [4.78, 5) is 0. The van der Waals surface area contributed by atoms with Crippen LogP contribution in [0, 0.1) is 0 Å². The van der Waals surface area contributed by atoms with E-state index in [9.17, 15) is 18.3 Å². The highest BCUT2D eigenvalue weighted by Crippen LogP contribution is 2.25. The summed E-state index contributed by atoms with van der Waals surface area (Å²) in [7, 11) is 0. The lowest BCUT2D eigenvalue weighted by molar-refractivity contribution is -0.214. The standard InChI is InChI=1S/C13H24F3NO2/c1-10(13(14,15)16)19-8-4-3-7-12(2,9-18)17-11-5-6-11/h10-11,17-18H,3-9H2,1-2H3. The third-order valence-electron chi connectivity index (χ3n) is 3.43. The van der Waals surface area contributed by atoms with Crippen molar-refractivity contribution in [3.8, 4) is 0 Å². The SMILES string of the molecule is CC(OCCCCC(C)(CO)NC1CC1)C(F)(F)F. The Morgan fingerprint density at radius 2 is 1.95 bits per heavy atom. The molecular weight excluding hydrogens is 259 g/mol. The maximum Gasteiger partial charge on any atom is 0.414 e. The highest BCUT2D eigenvalue weighted by molar-refractivity contribution is 4.92. The second-order valence-corrected chi connectivity index (χ2v) is 5.65. The molecule has 0 aliphatic heterocycles. The van der Waals surface area contributed by atoms with Crippen LogP contribution in [-0.2, 0) is 4.74 Å². The van der Waals surface area contributed by atoms with Gasteiger partial charge < -0.3 is 15.2 Å². The fourth-order valence-corrected chi connectivity index (χ4v) is 1.89. The highest BCUT2D eigenvalue weighted by Gasteiger charge is 2.36. The van der Waals surface area contributed by atoms with Crippen molar-refractivity contribution < 1.29 is 23.0 Å². The van der Waals surface area contributed by atoms with Crippen LogP contribution in [0.4, 0.5) is 13.2 Å². The van der Waals surface area contributed by atoms with Crippen molar-refractivity contribution in [1.29, 1.82) is 0 Å². The van der Waals surface area contributed by atoms with Gasteiger partial charge in [-0.15, -0.1) is 0 Å². The number of halogens is 3. The van der Waals surface area contributed by atoms with Crippen molar-refractivity contribution in [1.82, 2.24) is 5.32 Å². The minimum Gasteiger partial charge on any atom is -0.394 e. The largest absolute Gasteiger partial charge is 0.414 e. The van der Waals surface area contributed by atoms with Gasteiger partial charge in [0, 0.05) is 18.2 Å². The second kappa shape index (κ2) is 6.90. The average molecular weight is 283 g/mol. The molecule has 114 valence electrons. The molecule has 1 fully saturated rings. The Bertz CT molecular complexity index is 269.